The minimum atomic E-state index is -0.110. The van der Waals surface area contributed by atoms with Crippen LogP contribution in [0.15, 0.2) is 16.2 Å². The number of amides is 1. The zero-order valence-electron chi connectivity index (χ0n) is 11.5. The van der Waals surface area contributed by atoms with Crippen LogP contribution in [0.3, 0.4) is 0 Å². The maximum atomic E-state index is 12.5. The first-order chi connectivity index (χ1) is 9.58. The van der Waals surface area contributed by atoms with Crippen molar-refractivity contribution >= 4 is 17.2 Å². The first kappa shape index (κ1) is 13.1. The SMILES string of the molecule is Cc1ccsc1C(=O)N1CCc2nn(C)c(=O)n2CC1. The molecule has 0 N–H and O–H groups in total. The number of hydrogen-bond donors (Lipinski definition) is 0. The summed E-state index contributed by atoms with van der Waals surface area (Å²) in [6.07, 6.45) is 0.617. The second-order valence-corrected chi connectivity index (χ2v) is 5.87. The number of rotatable bonds is 1. The van der Waals surface area contributed by atoms with E-state index < -0.39 is 0 Å². The summed E-state index contributed by atoms with van der Waals surface area (Å²) in [5.74, 6) is 0.816. The lowest BCUT2D eigenvalue weighted by Crippen LogP contribution is -2.34. The van der Waals surface area contributed by atoms with E-state index in [0.29, 0.717) is 26.1 Å². The van der Waals surface area contributed by atoms with Gasteiger partial charge in [0.05, 0.1) is 4.88 Å². The normalized spacial score (nSPS) is 15.0. The average molecular weight is 292 g/mol. The van der Waals surface area contributed by atoms with Crippen LogP contribution >= 0.6 is 11.3 Å². The van der Waals surface area contributed by atoms with Gasteiger partial charge in [-0.25, -0.2) is 9.48 Å². The van der Waals surface area contributed by atoms with E-state index in [9.17, 15) is 9.59 Å². The second-order valence-electron chi connectivity index (χ2n) is 4.95. The number of aryl methyl sites for hydroxylation is 2. The Hall–Kier alpha value is -1.89. The Kier molecular flexibility index (Phi) is 3.21. The predicted molar refractivity (Wildman–Crippen MR) is 76.1 cm³/mol. The van der Waals surface area contributed by atoms with E-state index in [1.54, 1.807) is 11.6 Å². The van der Waals surface area contributed by atoms with Crippen molar-refractivity contribution in [2.24, 2.45) is 7.05 Å². The molecule has 0 aliphatic carbocycles. The van der Waals surface area contributed by atoms with Crippen molar-refractivity contribution in [3.05, 3.63) is 38.2 Å². The van der Waals surface area contributed by atoms with E-state index in [0.717, 1.165) is 16.3 Å². The molecule has 0 bridgehead atoms. The van der Waals surface area contributed by atoms with Crippen molar-refractivity contribution in [1.29, 1.82) is 0 Å². The summed E-state index contributed by atoms with van der Waals surface area (Å²) in [6.45, 7) is 3.61. The van der Waals surface area contributed by atoms with Gasteiger partial charge in [0.2, 0.25) is 0 Å². The fourth-order valence-electron chi connectivity index (χ4n) is 2.47. The van der Waals surface area contributed by atoms with Crippen molar-refractivity contribution in [3.8, 4) is 0 Å². The van der Waals surface area contributed by atoms with Gasteiger partial charge in [0, 0.05) is 33.1 Å². The lowest BCUT2D eigenvalue weighted by atomic mass is 10.2. The summed E-state index contributed by atoms with van der Waals surface area (Å²) < 4.78 is 3.02. The highest BCUT2D eigenvalue weighted by Crippen LogP contribution is 2.19. The largest absolute Gasteiger partial charge is 0.345 e. The van der Waals surface area contributed by atoms with E-state index in [2.05, 4.69) is 5.10 Å². The summed E-state index contributed by atoms with van der Waals surface area (Å²) in [7, 11) is 1.65. The van der Waals surface area contributed by atoms with Crippen LogP contribution in [-0.4, -0.2) is 38.2 Å². The molecule has 6 nitrogen and oxygen atoms in total. The molecule has 0 saturated carbocycles. The maximum Gasteiger partial charge on any atom is 0.345 e. The monoisotopic (exact) mass is 292 g/mol. The Morgan fingerprint density at radius 3 is 2.85 bits per heavy atom. The molecule has 2 aromatic rings. The lowest BCUT2D eigenvalue weighted by molar-refractivity contribution is 0.0763. The summed E-state index contributed by atoms with van der Waals surface area (Å²) in [5, 5.41) is 6.15. The Morgan fingerprint density at radius 1 is 1.35 bits per heavy atom. The highest BCUT2D eigenvalue weighted by molar-refractivity contribution is 7.12. The molecule has 3 heterocycles. The molecule has 1 amide bonds. The van der Waals surface area contributed by atoms with Gasteiger partial charge in [-0.05, 0) is 23.9 Å². The van der Waals surface area contributed by atoms with Crippen molar-refractivity contribution in [3.63, 3.8) is 0 Å². The van der Waals surface area contributed by atoms with Crippen molar-refractivity contribution in [1.82, 2.24) is 19.2 Å². The number of carbonyl (C=O) groups excluding carboxylic acids is 1. The molecule has 20 heavy (non-hydrogen) atoms. The zero-order valence-corrected chi connectivity index (χ0v) is 12.3. The predicted octanol–water partition coefficient (Wildman–Crippen LogP) is 0.650. The Morgan fingerprint density at radius 2 is 2.15 bits per heavy atom. The minimum absolute atomic E-state index is 0.0556. The molecule has 0 radical (unpaired) electrons. The molecule has 0 spiro atoms. The first-order valence-electron chi connectivity index (χ1n) is 6.54. The summed E-state index contributed by atoms with van der Waals surface area (Å²) in [4.78, 5) is 27.0. The summed E-state index contributed by atoms with van der Waals surface area (Å²) in [6, 6.07) is 1.95. The van der Waals surface area contributed by atoms with Gasteiger partial charge in [0.15, 0.2) is 0 Å². The Bertz CT molecular complexity index is 712. The van der Waals surface area contributed by atoms with Crippen molar-refractivity contribution in [2.75, 3.05) is 13.1 Å². The van der Waals surface area contributed by atoms with Crippen LogP contribution < -0.4 is 5.69 Å². The maximum absolute atomic E-state index is 12.5. The van der Waals surface area contributed by atoms with Gasteiger partial charge in [-0.2, -0.15) is 5.10 Å². The number of hydrogen-bond acceptors (Lipinski definition) is 4. The van der Waals surface area contributed by atoms with Gasteiger partial charge in [-0.15, -0.1) is 11.3 Å². The third kappa shape index (κ3) is 2.07. The molecule has 7 heteroatoms. The average Bonchev–Trinajstić information content (AvgIpc) is 2.88. The van der Waals surface area contributed by atoms with Crippen LogP contribution in [0, 0.1) is 6.92 Å². The molecular formula is C13H16N4O2S. The fraction of sp³-hybridized carbons (Fsp3) is 0.462. The van der Waals surface area contributed by atoms with Gasteiger partial charge >= 0.3 is 5.69 Å². The second kappa shape index (κ2) is 4.90. The van der Waals surface area contributed by atoms with Gasteiger partial charge in [0.1, 0.15) is 5.82 Å². The molecule has 0 atom stereocenters. The highest BCUT2D eigenvalue weighted by Gasteiger charge is 2.23. The molecule has 1 aliphatic heterocycles. The highest BCUT2D eigenvalue weighted by atomic mass is 32.1. The molecule has 0 fully saturated rings. The molecular weight excluding hydrogens is 276 g/mol. The van der Waals surface area contributed by atoms with Crippen LogP contribution in [0.4, 0.5) is 0 Å². The quantitative estimate of drug-likeness (QED) is 0.775. The molecule has 0 saturated heterocycles. The van der Waals surface area contributed by atoms with Crippen molar-refractivity contribution < 1.29 is 4.79 Å². The van der Waals surface area contributed by atoms with E-state index in [1.807, 2.05) is 23.3 Å². The van der Waals surface area contributed by atoms with Gasteiger partial charge in [-0.3, -0.25) is 9.36 Å². The molecule has 106 valence electrons. The Labute approximate surface area is 120 Å². The molecule has 3 rings (SSSR count). The topological polar surface area (TPSA) is 60.1 Å². The fourth-order valence-corrected chi connectivity index (χ4v) is 3.36. The van der Waals surface area contributed by atoms with E-state index in [4.69, 9.17) is 0 Å². The smallest absolute Gasteiger partial charge is 0.336 e. The van der Waals surface area contributed by atoms with Gasteiger partial charge in [0.25, 0.3) is 5.91 Å². The first-order valence-corrected chi connectivity index (χ1v) is 7.42. The molecule has 0 aromatic carbocycles. The van der Waals surface area contributed by atoms with Crippen LogP contribution in [0.5, 0.6) is 0 Å². The van der Waals surface area contributed by atoms with Crippen LogP contribution in [0.2, 0.25) is 0 Å². The Balaban J connectivity index is 1.82. The number of aromatic nitrogens is 3. The summed E-state index contributed by atoms with van der Waals surface area (Å²) >= 11 is 1.47. The van der Waals surface area contributed by atoms with Crippen molar-refractivity contribution in [2.45, 2.75) is 19.9 Å². The van der Waals surface area contributed by atoms with Crippen LogP contribution in [0.25, 0.3) is 0 Å². The minimum Gasteiger partial charge on any atom is -0.336 e. The standard InChI is InChI=1S/C13H16N4O2S/c1-9-4-8-20-11(9)12(18)16-5-3-10-14-15(2)13(19)17(10)7-6-16/h4,8H,3,5-7H2,1-2H3. The molecule has 0 unspecified atom stereocenters. The van der Waals surface area contributed by atoms with E-state index >= 15 is 0 Å². The van der Waals surface area contributed by atoms with Crippen LogP contribution in [-0.2, 0) is 20.0 Å². The van der Waals surface area contributed by atoms with E-state index in [-0.39, 0.29) is 11.6 Å². The van der Waals surface area contributed by atoms with Crippen LogP contribution in [0.1, 0.15) is 21.1 Å². The van der Waals surface area contributed by atoms with E-state index in [1.165, 1.54) is 16.0 Å². The lowest BCUT2D eigenvalue weighted by Gasteiger charge is -2.19. The molecule has 1 aliphatic rings. The van der Waals surface area contributed by atoms with Gasteiger partial charge in [-0.1, -0.05) is 0 Å². The number of nitrogens with zero attached hydrogens (tertiary/aromatic N) is 4. The third-order valence-corrected chi connectivity index (χ3v) is 4.63. The zero-order chi connectivity index (χ0) is 14.3. The summed E-state index contributed by atoms with van der Waals surface area (Å²) in [5.41, 5.74) is 0.902. The number of carbonyl (C=O) groups is 1. The van der Waals surface area contributed by atoms with Gasteiger partial charge < -0.3 is 4.90 Å². The third-order valence-electron chi connectivity index (χ3n) is 3.63. The number of fused-ring (bicyclic) bond motifs is 1. The number of thiophene rings is 1. The molecule has 2 aromatic heterocycles.